The highest BCUT2D eigenvalue weighted by Crippen LogP contribution is 2.19. The van der Waals surface area contributed by atoms with Gasteiger partial charge in [0, 0.05) is 0 Å². The number of methoxy groups -OCH3 is 1. The van der Waals surface area contributed by atoms with Crippen LogP contribution in [0.2, 0.25) is 0 Å². The summed E-state index contributed by atoms with van der Waals surface area (Å²) in [4.78, 5) is 10.9. The van der Waals surface area contributed by atoms with Gasteiger partial charge < -0.3 is 14.9 Å². The zero-order valence-corrected chi connectivity index (χ0v) is 7.74. The van der Waals surface area contributed by atoms with Crippen LogP contribution in [0.5, 0.6) is 0 Å². The predicted octanol–water partition coefficient (Wildman–Crippen LogP) is 1.15. The Morgan fingerprint density at radius 1 is 1.77 bits per heavy atom. The summed E-state index contributed by atoms with van der Waals surface area (Å²) >= 11 is 0. The molecule has 1 atom stereocenters. The van der Waals surface area contributed by atoms with Gasteiger partial charge in [-0.05, 0) is 18.6 Å². The van der Waals surface area contributed by atoms with E-state index in [9.17, 15) is 4.79 Å². The normalized spacial score (nSPS) is 12.5. The molecular weight excluding hydrogens is 170 g/mol. The second-order valence-electron chi connectivity index (χ2n) is 2.85. The topological polar surface area (TPSA) is 65.5 Å². The molecule has 1 unspecified atom stereocenters. The maximum absolute atomic E-state index is 10.9. The molecule has 0 aliphatic rings. The van der Waals surface area contributed by atoms with Crippen molar-refractivity contribution in [2.45, 2.75) is 19.4 Å². The maximum atomic E-state index is 10.9. The lowest BCUT2D eigenvalue weighted by Gasteiger charge is -2.07. The lowest BCUT2D eigenvalue weighted by Crippen LogP contribution is -2.16. The molecule has 72 valence electrons. The maximum Gasteiger partial charge on any atom is 0.307 e. The Kier molecular flexibility index (Phi) is 3.08. The largest absolute Gasteiger partial charge is 0.469 e. The fourth-order valence-corrected chi connectivity index (χ4v) is 1.12. The summed E-state index contributed by atoms with van der Waals surface area (Å²) in [6, 6.07) is 1.40. The summed E-state index contributed by atoms with van der Waals surface area (Å²) in [6.45, 7) is 1.88. The molecule has 0 saturated heterocycles. The molecule has 1 aromatic rings. The van der Waals surface area contributed by atoms with Crippen LogP contribution in [0.3, 0.4) is 0 Å². The predicted molar refractivity (Wildman–Crippen MR) is 47.0 cm³/mol. The summed E-state index contributed by atoms with van der Waals surface area (Å²) in [6.07, 6.45) is 1.70. The molecule has 0 radical (unpaired) electrons. The van der Waals surface area contributed by atoms with E-state index in [-0.39, 0.29) is 12.4 Å². The van der Waals surface area contributed by atoms with Crippen molar-refractivity contribution in [3.8, 4) is 0 Å². The third-order valence-corrected chi connectivity index (χ3v) is 1.85. The van der Waals surface area contributed by atoms with Crippen LogP contribution < -0.4 is 5.73 Å². The number of esters is 1. The lowest BCUT2D eigenvalue weighted by atomic mass is 10.1. The van der Waals surface area contributed by atoms with Crippen molar-refractivity contribution in [3.63, 3.8) is 0 Å². The number of carbonyl (C=O) groups excluding carboxylic acids is 1. The van der Waals surface area contributed by atoms with E-state index in [1.807, 2.05) is 13.0 Å². The average Bonchev–Trinajstić information content (AvgIpc) is 2.51. The van der Waals surface area contributed by atoms with Gasteiger partial charge in [0.1, 0.15) is 5.76 Å². The molecule has 4 heteroatoms. The van der Waals surface area contributed by atoms with Crippen LogP contribution in [0.4, 0.5) is 0 Å². The second-order valence-corrected chi connectivity index (χ2v) is 2.85. The molecule has 1 heterocycles. The van der Waals surface area contributed by atoms with Crippen molar-refractivity contribution in [1.29, 1.82) is 0 Å². The third-order valence-electron chi connectivity index (χ3n) is 1.85. The summed E-state index contributed by atoms with van der Waals surface area (Å²) < 4.78 is 9.64. The van der Waals surface area contributed by atoms with E-state index >= 15 is 0 Å². The minimum absolute atomic E-state index is 0.144. The van der Waals surface area contributed by atoms with Gasteiger partial charge in [0.2, 0.25) is 0 Å². The van der Waals surface area contributed by atoms with Gasteiger partial charge in [-0.1, -0.05) is 0 Å². The Morgan fingerprint density at radius 2 is 2.46 bits per heavy atom. The molecule has 4 nitrogen and oxygen atoms in total. The van der Waals surface area contributed by atoms with E-state index in [1.54, 1.807) is 6.26 Å². The lowest BCUT2D eigenvalue weighted by molar-refractivity contribution is -0.141. The van der Waals surface area contributed by atoms with Crippen LogP contribution in [-0.2, 0) is 9.53 Å². The fourth-order valence-electron chi connectivity index (χ4n) is 1.12. The second kappa shape index (κ2) is 4.09. The molecule has 13 heavy (non-hydrogen) atoms. The van der Waals surface area contributed by atoms with Crippen LogP contribution in [0.25, 0.3) is 0 Å². The summed E-state index contributed by atoms with van der Waals surface area (Å²) in [5.74, 6) is 0.314. The van der Waals surface area contributed by atoms with Gasteiger partial charge in [0.05, 0.1) is 25.8 Å². The molecule has 1 rings (SSSR count). The Morgan fingerprint density at radius 3 is 2.92 bits per heavy atom. The molecule has 0 aliphatic heterocycles. The van der Waals surface area contributed by atoms with Gasteiger partial charge in [-0.25, -0.2) is 0 Å². The first-order chi connectivity index (χ1) is 6.15. The van der Waals surface area contributed by atoms with Gasteiger partial charge >= 0.3 is 5.97 Å². The van der Waals surface area contributed by atoms with Crippen LogP contribution in [0.15, 0.2) is 16.7 Å². The van der Waals surface area contributed by atoms with Gasteiger partial charge in [0.25, 0.3) is 0 Å². The Labute approximate surface area is 76.7 Å². The molecular formula is C9H13NO3. The van der Waals surface area contributed by atoms with Gasteiger partial charge in [-0.15, -0.1) is 0 Å². The number of nitrogens with two attached hydrogens (primary N) is 1. The summed E-state index contributed by atoms with van der Waals surface area (Å²) in [5.41, 5.74) is 6.68. The smallest absolute Gasteiger partial charge is 0.307 e. The van der Waals surface area contributed by atoms with Crippen molar-refractivity contribution in [2.75, 3.05) is 7.11 Å². The van der Waals surface area contributed by atoms with E-state index in [2.05, 4.69) is 4.74 Å². The number of carbonyl (C=O) groups is 1. The first-order valence-corrected chi connectivity index (χ1v) is 4.01. The summed E-state index contributed by atoms with van der Waals surface area (Å²) in [5, 5.41) is 0. The van der Waals surface area contributed by atoms with Crippen LogP contribution in [0, 0.1) is 6.92 Å². The van der Waals surface area contributed by atoms with Gasteiger partial charge in [-0.3, -0.25) is 4.79 Å². The van der Waals surface area contributed by atoms with E-state index < -0.39 is 6.04 Å². The van der Waals surface area contributed by atoms with Crippen molar-refractivity contribution >= 4 is 5.97 Å². The highest BCUT2D eigenvalue weighted by Gasteiger charge is 2.16. The zero-order chi connectivity index (χ0) is 9.84. The molecule has 0 bridgehead atoms. The fraction of sp³-hybridized carbons (Fsp3) is 0.444. The van der Waals surface area contributed by atoms with Crippen LogP contribution >= 0.6 is 0 Å². The Hall–Kier alpha value is -1.29. The highest BCUT2D eigenvalue weighted by atomic mass is 16.5. The standard InChI is InChI=1S/C9H13NO3/c1-6-3-4-13-9(6)7(10)5-8(11)12-2/h3-4,7H,5,10H2,1-2H3. The quantitative estimate of drug-likeness (QED) is 0.714. The highest BCUT2D eigenvalue weighted by molar-refractivity contribution is 5.70. The van der Waals surface area contributed by atoms with E-state index in [0.717, 1.165) is 5.56 Å². The SMILES string of the molecule is COC(=O)CC(N)c1occc1C. The minimum atomic E-state index is -0.414. The van der Waals surface area contributed by atoms with E-state index in [1.165, 1.54) is 7.11 Å². The number of hydrogen-bond donors (Lipinski definition) is 1. The molecule has 0 amide bonds. The molecule has 0 aliphatic carbocycles. The molecule has 2 N–H and O–H groups in total. The molecule has 0 spiro atoms. The third kappa shape index (κ3) is 2.32. The average molecular weight is 183 g/mol. The van der Waals surface area contributed by atoms with E-state index in [0.29, 0.717) is 5.76 Å². The van der Waals surface area contributed by atoms with Crippen LogP contribution in [-0.4, -0.2) is 13.1 Å². The van der Waals surface area contributed by atoms with E-state index in [4.69, 9.17) is 10.2 Å². The first-order valence-electron chi connectivity index (χ1n) is 4.01. The molecule has 0 aromatic carbocycles. The molecule has 1 aromatic heterocycles. The van der Waals surface area contributed by atoms with Crippen molar-refractivity contribution in [2.24, 2.45) is 5.73 Å². The van der Waals surface area contributed by atoms with Crippen LogP contribution in [0.1, 0.15) is 23.8 Å². The number of rotatable bonds is 3. The monoisotopic (exact) mass is 183 g/mol. The van der Waals surface area contributed by atoms with Gasteiger partial charge in [0.15, 0.2) is 0 Å². The number of hydrogen-bond acceptors (Lipinski definition) is 4. The number of furan rings is 1. The number of aryl methyl sites for hydroxylation is 1. The van der Waals surface area contributed by atoms with Gasteiger partial charge in [-0.2, -0.15) is 0 Å². The minimum Gasteiger partial charge on any atom is -0.469 e. The van der Waals surface area contributed by atoms with Crippen molar-refractivity contribution in [3.05, 3.63) is 23.7 Å². The zero-order valence-electron chi connectivity index (χ0n) is 7.74. The Balaban J connectivity index is 2.63. The molecule has 0 saturated carbocycles. The number of ether oxygens (including phenoxy) is 1. The van der Waals surface area contributed by atoms with Crippen molar-refractivity contribution in [1.82, 2.24) is 0 Å². The Bertz CT molecular complexity index is 293. The molecule has 0 fully saturated rings. The van der Waals surface area contributed by atoms with Crippen molar-refractivity contribution < 1.29 is 13.9 Å². The summed E-state index contributed by atoms with van der Waals surface area (Å²) in [7, 11) is 1.34. The first kappa shape index (κ1) is 9.80.